The molecule has 0 radical (unpaired) electrons. The van der Waals surface area contributed by atoms with Crippen LogP contribution in [0.25, 0.3) is 6.08 Å². The Bertz CT molecular complexity index is 711. The molecule has 0 aliphatic rings. The zero-order valence-electron chi connectivity index (χ0n) is 11.3. The second kappa shape index (κ2) is 6.42. The molecule has 1 aromatic carbocycles. The third kappa shape index (κ3) is 3.97. The second-order valence-electron chi connectivity index (χ2n) is 4.37. The Hall–Kier alpha value is -3.02. The van der Waals surface area contributed by atoms with Crippen molar-refractivity contribution in [3.8, 4) is 0 Å². The summed E-state index contributed by atoms with van der Waals surface area (Å²) < 4.78 is 0. The van der Waals surface area contributed by atoms with E-state index in [2.05, 4.69) is 10.3 Å². The Kier molecular flexibility index (Phi) is 4.40. The molecule has 106 valence electrons. The molecule has 1 amide bonds. The lowest BCUT2D eigenvalue weighted by Gasteiger charge is -2.04. The summed E-state index contributed by atoms with van der Waals surface area (Å²) in [4.78, 5) is 25.9. The van der Waals surface area contributed by atoms with Crippen LogP contribution in [-0.4, -0.2) is 15.8 Å². The van der Waals surface area contributed by atoms with Crippen LogP contribution in [0, 0.1) is 17.0 Å². The van der Waals surface area contributed by atoms with Crippen molar-refractivity contribution in [2.45, 2.75) is 6.92 Å². The number of nitrogens with one attached hydrogen (secondary N) is 1. The van der Waals surface area contributed by atoms with Crippen molar-refractivity contribution < 1.29 is 9.72 Å². The van der Waals surface area contributed by atoms with Gasteiger partial charge in [0.25, 0.3) is 5.69 Å². The molecule has 2 aromatic rings. The van der Waals surface area contributed by atoms with Crippen molar-refractivity contribution in [2.24, 2.45) is 0 Å². The second-order valence-corrected chi connectivity index (χ2v) is 4.37. The number of aryl methyl sites for hydroxylation is 1. The van der Waals surface area contributed by atoms with Gasteiger partial charge in [-0.25, -0.2) is 0 Å². The minimum atomic E-state index is -0.476. The van der Waals surface area contributed by atoms with Gasteiger partial charge in [0.15, 0.2) is 0 Å². The maximum Gasteiger partial charge on any atom is 0.270 e. The minimum absolute atomic E-state index is 0.0133. The number of nitro groups is 1. The normalized spacial score (nSPS) is 10.5. The fraction of sp³-hybridized carbons (Fsp3) is 0.0667. The predicted molar refractivity (Wildman–Crippen MR) is 79.7 cm³/mol. The van der Waals surface area contributed by atoms with Crippen molar-refractivity contribution in [3.05, 3.63) is 70.0 Å². The average Bonchev–Trinajstić information content (AvgIpc) is 2.48. The lowest BCUT2D eigenvalue weighted by Crippen LogP contribution is -2.09. The number of hydrogen-bond acceptors (Lipinski definition) is 4. The number of amides is 1. The molecule has 0 fully saturated rings. The first-order valence-corrected chi connectivity index (χ1v) is 6.20. The number of hydrogen-bond donors (Lipinski definition) is 1. The maximum atomic E-state index is 11.8. The molecule has 21 heavy (non-hydrogen) atoms. The molecular weight excluding hydrogens is 270 g/mol. The smallest absolute Gasteiger partial charge is 0.270 e. The molecular formula is C15H13N3O3. The summed E-state index contributed by atoms with van der Waals surface area (Å²) >= 11 is 0. The van der Waals surface area contributed by atoms with Crippen molar-refractivity contribution in [1.82, 2.24) is 4.98 Å². The van der Waals surface area contributed by atoms with E-state index in [1.807, 2.05) is 6.92 Å². The molecule has 6 nitrogen and oxygen atoms in total. The van der Waals surface area contributed by atoms with Gasteiger partial charge in [-0.3, -0.25) is 19.9 Å². The van der Waals surface area contributed by atoms with Crippen LogP contribution < -0.4 is 5.32 Å². The highest BCUT2D eigenvalue weighted by molar-refractivity contribution is 6.02. The number of anilines is 1. The summed E-state index contributed by atoms with van der Waals surface area (Å²) in [6.07, 6.45) is 6.05. The Balaban J connectivity index is 2.07. The highest BCUT2D eigenvalue weighted by atomic mass is 16.6. The molecule has 1 aromatic heterocycles. The molecule has 0 aliphatic heterocycles. The van der Waals surface area contributed by atoms with Crippen LogP contribution in [-0.2, 0) is 4.79 Å². The van der Waals surface area contributed by atoms with Gasteiger partial charge in [0, 0.05) is 24.4 Å². The fourth-order valence-corrected chi connectivity index (χ4v) is 1.68. The first kappa shape index (κ1) is 14.4. The molecule has 0 spiro atoms. The summed E-state index contributed by atoms with van der Waals surface area (Å²) in [5, 5.41) is 13.4. The monoisotopic (exact) mass is 283 g/mol. The number of carbonyl (C=O) groups is 1. The number of benzene rings is 1. The van der Waals surface area contributed by atoms with Crippen molar-refractivity contribution in [3.63, 3.8) is 0 Å². The summed E-state index contributed by atoms with van der Waals surface area (Å²) in [5.74, 6) is -0.322. The van der Waals surface area contributed by atoms with Gasteiger partial charge in [-0.2, -0.15) is 0 Å². The number of non-ortho nitro benzene ring substituents is 1. The first-order chi connectivity index (χ1) is 10.1. The Morgan fingerprint density at radius 1 is 1.38 bits per heavy atom. The molecule has 1 heterocycles. The van der Waals surface area contributed by atoms with Gasteiger partial charge in [-0.1, -0.05) is 12.1 Å². The average molecular weight is 283 g/mol. The van der Waals surface area contributed by atoms with E-state index in [-0.39, 0.29) is 11.6 Å². The molecule has 2 rings (SSSR count). The van der Waals surface area contributed by atoms with Crippen molar-refractivity contribution in [2.75, 3.05) is 5.32 Å². The number of nitrogens with zero attached hydrogens (tertiary/aromatic N) is 2. The highest BCUT2D eigenvalue weighted by Gasteiger charge is 2.04. The van der Waals surface area contributed by atoms with Gasteiger partial charge < -0.3 is 5.32 Å². The molecule has 6 heteroatoms. The summed E-state index contributed by atoms with van der Waals surface area (Å²) in [5.41, 5.74) is 2.11. The van der Waals surface area contributed by atoms with E-state index in [0.29, 0.717) is 11.3 Å². The predicted octanol–water partition coefficient (Wildman–Crippen LogP) is 2.95. The van der Waals surface area contributed by atoms with E-state index in [4.69, 9.17) is 0 Å². The SMILES string of the molecule is Cc1ccncc1NC(=O)C=Cc1cccc([N+](=O)[O-])c1. The number of aromatic nitrogens is 1. The molecule has 0 saturated heterocycles. The minimum Gasteiger partial charge on any atom is -0.321 e. The molecule has 0 unspecified atom stereocenters. The largest absolute Gasteiger partial charge is 0.321 e. The standard InChI is InChI=1S/C15H13N3O3/c1-11-7-8-16-10-14(11)17-15(19)6-5-12-3-2-4-13(9-12)18(20)21/h2-10H,1H3,(H,17,19). The maximum absolute atomic E-state index is 11.8. The Morgan fingerprint density at radius 3 is 2.90 bits per heavy atom. The van der Waals surface area contributed by atoms with E-state index in [9.17, 15) is 14.9 Å². The quantitative estimate of drug-likeness (QED) is 0.531. The van der Waals surface area contributed by atoms with Gasteiger partial charge >= 0.3 is 0 Å². The summed E-state index contributed by atoms with van der Waals surface area (Å²) in [6, 6.07) is 7.85. The van der Waals surface area contributed by atoms with Crippen LogP contribution in [0.15, 0.2) is 48.8 Å². The van der Waals surface area contributed by atoms with E-state index in [1.165, 1.54) is 24.3 Å². The fourth-order valence-electron chi connectivity index (χ4n) is 1.68. The van der Waals surface area contributed by atoms with Gasteiger partial charge in [0.2, 0.25) is 5.91 Å². The summed E-state index contributed by atoms with van der Waals surface area (Å²) in [7, 11) is 0. The number of carbonyl (C=O) groups excluding carboxylic acids is 1. The Morgan fingerprint density at radius 2 is 2.19 bits per heavy atom. The van der Waals surface area contributed by atoms with Crippen LogP contribution >= 0.6 is 0 Å². The third-order valence-electron chi connectivity index (χ3n) is 2.81. The summed E-state index contributed by atoms with van der Waals surface area (Å²) in [6.45, 7) is 1.86. The lowest BCUT2D eigenvalue weighted by molar-refractivity contribution is -0.384. The third-order valence-corrected chi connectivity index (χ3v) is 2.81. The van der Waals surface area contributed by atoms with Gasteiger partial charge in [-0.05, 0) is 30.2 Å². The first-order valence-electron chi connectivity index (χ1n) is 6.20. The van der Waals surface area contributed by atoms with Crippen LogP contribution in [0.3, 0.4) is 0 Å². The molecule has 0 saturated carbocycles. The van der Waals surface area contributed by atoms with Gasteiger partial charge in [0.1, 0.15) is 0 Å². The van der Waals surface area contributed by atoms with Crippen molar-refractivity contribution in [1.29, 1.82) is 0 Å². The molecule has 0 bridgehead atoms. The Labute approximate surface area is 121 Å². The zero-order chi connectivity index (χ0) is 15.2. The van der Waals surface area contributed by atoms with Gasteiger partial charge in [-0.15, -0.1) is 0 Å². The van der Waals surface area contributed by atoms with E-state index in [1.54, 1.807) is 30.6 Å². The van der Waals surface area contributed by atoms with Gasteiger partial charge in [0.05, 0.1) is 16.8 Å². The number of rotatable bonds is 4. The molecule has 0 atom stereocenters. The number of nitro benzene ring substituents is 1. The van der Waals surface area contributed by atoms with E-state index in [0.717, 1.165) is 5.56 Å². The van der Waals surface area contributed by atoms with Crippen LogP contribution in [0.5, 0.6) is 0 Å². The lowest BCUT2D eigenvalue weighted by atomic mass is 10.2. The van der Waals surface area contributed by atoms with E-state index < -0.39 is 4.92 Å². The van der Waals surface area contributed by atoms with Crippen LogP contribution in [0.4, 0.5) is 11.4 Å². The van der Waals surface area contributed by atoms with E-state index >= 15 is 0 Å². The number of pyridine rings is 1. The topological polar surface area (TPSA) is 85.1 Å². The van der Waals surface area contributed by atoms with Crippen LogP contribution in [0.1, 0.15) is 11.1 Å². The molecule has 0 aliphatic carbocycles. The zero-order valence-corrected chi connectivity index (χ0v) is 11.3. The van der Waals surface area contributed by atoms with Crippen LogP contribution in [0.2, 0.25) is 0 Å². The highest BCUT2D eigenvalue weighted by Crippen LogP contribution is 2.15. The molecule has 1 N–H and O–H groups in total. The van der Waals surface area contributed by atoms with Crippen molar-refractivity contribution >= 4 is 23.4 Å².